The summed E-state index contributed by atoms with van der Waals surface area (Å²) in [7, 11) is 0. The number of terminal acetylenes is 1. The van der Waals surface area contributed by atoms with E-state index in [0.29, 0.717) is 11.6 Å². The van der Waals surface area contributed by atoms with Gasteiger partial charge in [-0.05, 0) is 13.0 Å². The molecule has 0 saturated carbocycles. The van der Waals surface area contributed by atoms with Gasteiger partial charge in [0.2, 0.25) is 0 Å². The fourth-order valence-electron chi connectivity index (χ4n) is 0.739. The Morgan fingerprint density at radius 2 is 2.50 bits per heavy atom. The third-order valence-electron chi connectivity index (χ3n) is 1.30. The van der Waals surface area contributed by atoms with Gasteiger partial charge in [-0.2, -0.15) is 0 Å². The van der Waals surface area contributed by atoms with Gasteiger partial charge in [0, 0.05) is 12.3 Å². The van der Waals surface area contributed by atoms with E-state index in [1.807, 2.05) is 0 Å². The van der Waals surface area contributed by atoms with Gasteiger partial charge < -0.3 is 10.5 Å². The normalized spacial score (nSPS) is 11.7. The van der Waals surface area contributed by atoms with Gasteiger partial charge in [0.1, 0.15) is 11.6 Å². The van der Waals surface area contributed by atoms with E-state index in [9.17, 15) is 0 Å². The molecule has 0 aliphatic carbocycles. The first-order valence-electron chi connectivity index (χ1n) is 3.56. The second-order valence-electron chi connectivity index (χ2n) is 2.34. The van der Waals surface area contributed by atoms with Crippen molar-refractivity contribution in [1.82, 2.24) is 4.98 Å². The fraction of sp³-hybridized carbons (Fsp3) is 0.222. The molecule has 62 valence electrons. The molecule has 2 N–H and O–H groups in total. The SMILES string of the molecule is C#CC(C)Oc1ccnc(N)c1. The molecule has 3 nitrogen and oxygen atoms in total. The van der Waals surface area contributed by atoms with Crippen LogP contribution in [0, 0.1) is 12.3 Å². The average molecular weight is 162 g/mol. The van der Waals surface area contributed by atoms with E-state index in [1.54, 1.807) is 25.3 Å². The number of rotatable bonds is 2. The third kappa shape index (κ3) is 2.17. The maximum Gasteiger partial charge on any atom is 0.156 e. The van der Waals surface area contributed by atoms with Gasteiger partial charge in [-0.15, -0.1) is 6.42 Å². The molecule has 12 heavy (non-hydrogen) atoms. The molecule has 0 aromatic carbocycles. The Morgan fingerprint density at radius 1 is 1.75 bits per heavy atom. The molecule has 0 spiro atoms. The Morgan fingerprint density at radius 3 is 3.08 bits per heavy atom. The van der Waals surface area contributed by atoms with Crippen LogP contribution in [-0.2, 0) is 0 Å². The molecular formula is C9H10N2O. The third-order valence-corrected chi connectivity index (χ3v) is 1.30. The molecule has 1 aromatic rings. The second-order valence-corrected chi connectivity index (χ2v) is 2.34. The number of nitrogens with zero attached hydrogens (tertiary/aromatic N) is 1. The topological polar surface area (TPSA) is 48.1 Å². The highest BCUT2D eigenvalue weighted by Gasteiger charge is 1.98. The quantitative estimate of drug-likeness (QED) is 0.661. The molecule has 0 aliphatic heterocycles. The van der Waals surface area contributed by atoms with Gasteiger partial charge >= 0.3 is 0 Å². The molecule has 0 fully saturated rings. The molecular weight excluding hydrogens is 152 g/mol. The van der Waals surface area contributed by atoms with Gasteiger partial charge in [0.15, 0.2) is 6.10 Å². The van der Waals surface area contributed by atoms with Crippen LogP contribution in [-0.4, -0.2) is 11.1 Å². The lowest BCUT2D eigenvalue weighted by Crippen LogP contribution is -2.08. The maximum atomic E-state index is 5.43. The van der Waals surface area contributed by atoms with Crippen molar-refractivity contribution in [2.75, 3.05) is 5.73 Å². The number of nitrogens with two attached hydrogens (primary N) is 1. The first kappa shape index (κ1) is 8.41. The zero-order valence-electron chi connectivity index (χ0n) is 6.82. The van der Waals surface area contributed by atoms with Crippen LogP contribution < -0.4 is 10.5 Å². The van der Waals surface area contributed by atoms with Gasteiger partial charge in [0.25, 0.3) is 0 Å². The van der Waals surface area contributed by atoms with E-state index in [-0.39, 0.29) is 6.10 Å². The number of anilines is 1. The largest absolute Gasteiger partial charge is 0.478 e. The summed E-state index contributed by atoms with van der Waals surface area (Å²) in [5.74, 6) is 3.52. The van der Waals surface area contributed by atoms with Gasteiger partial charge in [0.05, 0.1) is 0 Å². The number of nitrogen functional groups attached to an aromatic ring is 1. The Bertz CT molecular complexity index is 304. The van der Waals surface area contributed by atoms with E-state index in [1.165, 1.54) is 0 Å². The number of pyridine rings is 1. The highest BCUT2D eigenvalue weighted by atomic mass is 16.5. The fourth-order valence-corrected chi connectivity index (χ4v) is 0.739. The predicted octanol–water partition coefficient (Wildman–Crippen LogP) is 1.06. The van der Waals surface area contributed by atoms with Crippen LogP contribution in [0.3, 0.4) is 0 Å². The number of hydrogen-bond donors (Lipinski definition) is 1. The van der Waals surface area contributed by atoms with Gasteiger partial charge in [-0.1, -0.05) is 5.92 Å². The first-order valence-corrected chi connectivity index (χ1v) is 3.56. The molecule has 0 saturated heterocycles. The van der Waals surface area contributed by atoms with Crippen molar-refractivity contribution in [2.24, 2.45) is 0 Å². The number of ether oxygens (including phenoxy) is 1. The average Bonchev–Trinajstić information content (AvgIpc) is 2.04. The van der Waals surface area contributed by atoms with Crippen LogP contribution in [0.5, 0.6) is 5.75 Å². The summed E-state index contributed by atoms with van der Waals surface area (Å²) in [5, 5.41) is 0. The van der Waals surface area contributed by atoms with Crippen molar-refractivity contribution < 1.29 is 4.74 Å². The van der Waals surface area contributed by atoms with Crippen LogP contribution in [0.4, 0.5) is 5.82 Å². The minimum absolute atomic E-state index is 0.244. The van der Waals surface area contributed by atoms with E-state index < -0.39 is 0 Å². The van der Waals surface area contributed by atoms with E-state index >= 15 is 0 Å². The smallest absolute Gasteiger partial charge is 0.156 e. The molecule has 1 atom stereocenters. The van der Waals surface area contributed by atoms with Crippen molar-refractivity contribution in [3.8, 4) is 18.1 Å². The van der Waals surface area contributed by atoms with E-state index in [4.69, 9.17) is 16.9 Å². The standard InChI is InChI=1S/C9H10N2O/c1-3-7(2)12-8-4-5-11-9(10)6-8/h1,4-7H,2H3,(H2,10,11). The number of hydrogen-bond acceptors (Lipinski definition) is 3. The summed E-state index contributed by atoms with van der Waals surface area (Å²) in [4.78, 5) is 3.82. The highest BCUT2D eigenvalue weighted by Crippen LogP contribution is 2.13. The van der Waals surface area contributed by atoms with Crippen LogP contribution in [0.25, 0.3) is 0 Å². The van der Waals surface area contributed by atoms with Crippen LogP contribution in [0.15, 0.2) is 18.3 Å². The van der Waals surface area contributed by atoms with Crippen molar-refractivity contribution >= 4 is 5.82 Å². The van der Waals surface area contributed by atoms with Crippen molar-refractivity contribution in [3.63, 3.8) is 0 Å². The molecule has 0 bridgehead atoms. The van der Waals surface area contributed by atoms with Crippen molar-refractivity contribution in [2.45, 2.75) is 13.0 Å². The molecule has 1 aromatic heterocycles. The predicted molar refractivity (Wildman–Crippen MR) is 47.6 cm³/mol. The van der Waals surface area contributed by atoms with Crippen molar-refractivity contribution in [1.29, 1.82) is 0 Å². The summed E-state index contributed by atoms with van der Waals surface area (Å²) in [5.41, 5.74) is 5.43. The number of aromatic nitrogens is 1. The van der Waals surface area contributed by atoms with Crippen molar-refractivity contribution in [3.05, 3.63) is 18.3 Å². The summed E-state index contributed by atoms with van der Waals surface area (Å²) < 4.78 is 5.29. The lowest BCUT2D eigenvalue weighted by molar-refractivity contribution is 0.279. The lowest BCUT2D eigenvalue weighted by Gasteiger charge is -2.08. The van der Waals surface area contributed by atoms with Crippen LogP contribution in [0.1, 0.15) is 6.92 Å². The van der Waals surface area contributed by atoms with Gasteiger partial charge in [-0.25, -0.2) is 4.98 Å². The summed E-state index contributed by atoms with van der Waals surface area (Å²) in [6.45, 7) is 1.79. The molecule has 1 unspecified atom stereocenters. The lowest BCUT2D eigenvalue weighted by atomic mass is 10.4. The Balaban J connectivity index is 2.71. The summed E-state index contributed by atoms with van der Waals surface area (Å²) in [6.07, 6.45) is 6.47. The monoisotopic (exact) mass is 162 g/mol. The Kier molecular flexibility index (Phi) is 2.54. The highest BCUT2D eigenvalue weighted by molar-refractivity contribution is 5.36. The minimum atomic E-state index is -0.244. The zero-order valence-corrected chi connectivity index (χ0v) is 6.82. The Hall–Kier alpha value is -1.69. The van der Waals surface area contributed by atoms with Crippen LogP contribution in [0.2, 0.25) is 0 Å². The summed E-state index contributed by atoms with van der Waals surface area (Å²) in [6, 6.07) is 3.35. The van der Waals surface area contributed by atoms with E-state index in [2.05, 4.69) is 10.9 Å². The van der Waals surface area contributed by atoms with E-state index in [0.717, 1.165) is 0 Å². The summed E-state index contributed by atoms with van der Waals surface area (Å²) >= 11 is 0. The second kappa shape index (κ2) is 3.63. The molecule has 0 radical (unpaired) electrons. The maximum absolute atomic E-state index is 5.43. The Labute approximate surface area is 71.6 Å². The molecule has 1 heterocycles. The van der Waals surface area contributed by atoms with Gasteiger partial charge in [-0.3, -0.25) is 0 Å². The minimum Gasteiger partial charge on any atom is -0.478 e. The van der Waals surface area contributed by atoms with Crippen LogP contribution >= 0.6 is 0 Å². The zero-order chi connectivity index (χ0) is 8.97. The first-order chi connectivity index (χ1) is 5.72. The molecule has 0 amide bonds. The molecule has 3 heteroatoms. The molecule has 0 aliphatic rings. The molecule has 1 rings (SSSR count).